The molecule has 0 saturated carbocycles. The Labute approximate surface area is 289 Å². The first-order valence-electron chi connectivity index (χ1n) is 20.9. The number of hydrogen-bond acceptors (Lipinski definition) is 4. The summed E-state index contributed by atoms with van der Waals surface area (Å²) < 4.78 is 0. The van der Waals surface area contributed by atoms with Gasteiger partial charge in [0.2, 0.25) is 5.91 Å². The lowest BCUT2D eigenvalue weighted by Crippen LogP contribution is -2.32. The summed E-state index contributed by atoms with van der Waals surface area (Å²) in [6.07, 6.45) is 38.4. The van der Waals surface area contributed by atoms with Crippen LogP contribution in [-0.2, 0) is 4.79 Å². The predicted molar refractivity (Wildman–Crippen MR) is 202 cm³/mol. The molecule has 0 aromatic carbocycles. The maximum atomic E-state index is 13.2. The lowest BCUT2D eigenvalue weighted by molar-refractivity contribution is -0.131. The molecule has 276 valence electrons. The van der Waals surface area contributed by atoms with Gasteiger partial charge in [-0.2, -0.15) is 0 Å². The SMILES string of the molecule is CCCCCCCCCCN(CCCCCCCCCC)C(=O)CCCCCCCN(CCCCCO)CCCCCCCCO. The minimum absolute atomic E-state index is 0.312. The van der Waals surface area contributed by atoms with Crippen LogP contribution in [0.3, 0.4) is 0 Å². The first-order chi connectivity index (χ1) is 22.7. The van der Waals surface area contributed by atoms with E-state index in [-0.39, 0.29) is 0 Å². The van der Waals surface area contributed by atoms with E-state index in [1.165, 1.54) is 174 Å². The normalized spacial score (nSPS) is 11.6. The van der Waals surface area contributed by atoms with Crippen LogP contribution < -0.4 is 0 Å². The van der Waals surface area contributed by atoms with Crippen molar-refractivity contribution in [2.75, 3.05) is 45.9 Å². The van der Waals surface area contributed by atoms with Gasteiger partial charge in [0.25, 0.3) is 0 Å². The third kappa shape index (κ3) is 33.3. The minimum Gasteiger partial charge on any atom is -0.396 e. The third-order valence-electron chi connectivity index (χ3n) is 9.80. The van der Waals surface area contributed by atoms with Crippen molar-refractivity contribution in [3.05, 3.63) is 0 Å². The van der Waals surface area contributed by atoms with Crippen molar-refractivity contribution in [3.63, 3.8) is 0 Å². The molecule has 0 atom stereocenters. The zero-order valence-electron chi connectivity index (χ0n) is 31.6. The van der Waals surface area contributed by atoms with Crippen molar-refractivity contribution >= 4 is 5.91 Å². The van der Waals surface area contributed by atoms with Crippen LogP contribution >= 0.6 is 0 Å². The number of unbranched alkanes of at least 4 members (excludes halogenated alkanes) is 25. The summed E-state index contributed by atoms with van der Waals surface area (Å²) in [5.74, 6) is 0.413. The third-order valence-corrected chi connectivity index (χ3v) is 9.80. The maximum absolute atomic E-state index is 13.2. The average molecular weight is 653 g/mol. The van der Waals surface area contributed by atoms with Gasteiger partial charge in [0.05, 0.1) is 0 Å². The number of carbonyl (C=O) groups excluding carboxylic acids is 1. The molecule has 5 heteroatoms. The number of hydrogen-bond donors (Lipinski definition) is 2. The van der Waals surface area contributed by atoms with E-state index in [1.54, 1.807) is 0 Å². The fraction of sp³-hybridized carbons (Fsp3) is 0.976. The van der Waals surface area contributed by atoms with Crippen molar-refractivity contribution in [2.45, 2.75) is 213 Å². The van der Waals surface area contributed by atoms with Crippen molar-refractivity contribution < 1.29 is 15.0 Å². The van der Waals surface area contributed by atoms with E-state index in [2.05, 4.69) is 23.6 Å². The summed E-state index contributed by atoms with van der Waals surface area (Å²) >= 11 is 0. The van der Waals surface area contributed by atoms with Gasteiger partial charge >= 0.3 is 0 Å². The zero-order valence-corrected chi connectivity index (χ0v) is 31.6. The number of aliphatic hydroxyl groups is 2. The highest BCUT2D eigenvalue weighted by Crippen LogP contribution is 2.14. The number of carbonyl (C=O) groups is 1. The summed E-state index contributed by atoms with van der Waals surface area (Å²) in [6.45, 7) is 10.7. The van der Waals surface area contributed by atoms with Gasteiger partial charge in [-0.15, -0.1) is 0 Å². The van der Waals surface area contributed by atoms with Crippen molar-refractivity contribution in [1.29, 1.82) is 0 Å². The molecule has 0 saturated heterocycles. The minimum atomic E-state index is 0.312. The van der Waals surface area contributed by atoms with E-state index >= 15 is 0 Å². The highest BCUT2D eigenvalue weighted by atomic mass is 16.3. The van der Waals surface area contributed by atoms with Crippen molar-refractivity contribution in [2.24, 2.45) is 0 Å². The van der Waals surface area contributed by atoms with Crippen LogP contribution in [0.25, 0.3) is 0 Å². The van der Waals surface area contributed by atoms with Gasteiger partial charge in [0.15, 0.2) is 0 Å². The Balaban J connectivity index is 4.31. The Morgan fingerprint density at radius 3 is 1.02 bits per heavy atom. The molecule has 0 rings (SSSR count). The van der Waals surface area contributed by atoms with Gasteiger partial charge in [-0.05, 0) is 77.4 Å². The van der Waals surface area contributed by atoms with Crippen LogP contribution in [-0.4, -0.2) is 71.9 Å². The van der Waals surface area contributed by atoms with E-state index in [4.69, 9.17) is 10.2 Å². The number of nitrogens with zero attached hydrogens (tertiary/aromatic N) is 2. The molecule has 0 aliphatic rings. The van der Waals surface area contributed by atoms with E-state index in [0.717, 1.165) is 58.2 Å². The molecule has 5 nitrogen and oxygen atoms in total. The van der Waals surface area contributed by atoms with E-state index < -0.39 is 0 Å². The van der Waals surface area contributed by atoms with Crippen molar-refractivity contribution in [1.82, 2.24) is 9.80 Å². The second-order valence-electron chi connectivity index (χ2n) is 14.3. The topological polar surface area (TPSA) is 64.0 Å². The first kappa shape index (κ1) is 45.3. The van der Waals surface area contributed by atoms with Crippen molar-refractivity contribution in [3.8, 4) is 0 Å². The largest absolute Gasteiger partial charge is 0.396 e. The van der Waals surface area contributed by atoms with Gasteiger partial charge in [-0.1, -0.05) is 149 Å². The molecule has 0 heterocycles. The standard InChI is InChI=1S/C41H84N2O3/c1-3-5-7-9-11-13-21-29-37-43(38-30-22-14-12-10-8-6-4-2)41(46)33-25-18-17-20-27-35-42(36-28-24-32-40-45)34-26-19-15-16-23-31-39-44/h44-45H,3-40H2,1-2H3. The number of aliphatic hydroxyl groups excluding tert-OH is 2. The molecule has 0 aliphatic carbocycles. The molecule has 0 fully saturated rings. The van der Waals surface area contributed by atoms with Crippen LogP contribution in [0.5, 0.6) is 0 Å². The number of rotatable bonds is 39. The second-order valence-corrected chi connectivity index (χ2v) is 14.3. The van der Waals surface area contributed by atoms with Gasteiger partial charge in [0.1, 0.15) is 0 Å². The zero-order chi connectivity index (χ0) is 33.6. The fourth-order valence-corrected chi connectivity index (χ4v) is 6.65. The molecular weight excluding hydrogens is 568 g/mol. The van der Waals surface area contributed by atoms with Gasteiger partial charge in [-0.25, -0.2) is 0 Å². The summed E-state index contributed by atoms with van der Waals surface area (Å²) in [5.41, 5.74) is 0. The van der Waals surface area contributed by atoms with Crippen LogP contribution in [0.1, 0.15) is 213 Å². The molecular formula is C41H84N2O3. The molecule has 0 radical (unpaired) electrons. The molecule has 0 aliphatic heterocycles. The fourth-order valence-electron chi connectivity index (χ4n) is 6.65. The van der Waals surface area contributed by atoms with Crippen LogP contribution in [0.4, 0.5) is 0 Å². The van der Waals surface area contributed by atoms with Crippen LogP contribution in [0.15, 0.2) is 0 Å². The lowest BCUT2D eigenvalue weighted by Gasteiger charge is -2.23. The Morgan fingerprint density at radius 2 is 0.652 bits per heavy atom. The second kappa shape index (κ2) is 38.8. The van der Waals surface area contributed by atoms with Gasteiger partial charge in [-0.3, -0.25) is 4.79 Å². The first-order valence-corrected chi connectivity index (χ1v) is 20.9. The highest BCUT2D eigenvalue weighted by Gasteiger charge is 2.13. The van der Waals surface area contributed by atoms with E-state index in [9.17, 15) is 4.79 Å². The summed E-state index contributed by atoms with van der Waals surface area (Å²) in [4.78, 5) is 18.1. The van der Waals surface area contributed by atoms with Crippen LogP contribution in [0, 0.1) is 0 Å². The Bertz CT molecular complexity index is 568. The van der Waals surface area contributed by atoms with Crippen LogP contribution in [0.2, 0.25) is 0 Å². The molecule has 2 N–H and O–H groups in total. The predicted octanol–water partition coefficient (Wildman–Crippen LogP) is 11.2. The van der Waals surface area contributed by atoms with Gasteiger partial charge in [0, 0.05) is 32.7 Å². The van der Waals surface area contributed by atoms with E-state index in [0.29, 0.717) is 19.1 Å². The molecule has 1 amide bonds. The molecule has 0 bridgehead atoms. The molecule has 0 unspecified atom stereocenters. The lowest BCUT2D eigenvalue weighted by atomic mass is 10.1. The summed E-state index contributed by atoms with van der Waals surface area (Å²) in [5, 5.41) is 18.1. The Morgan fingerprint density at radius 1 is 0.370 bits per heavy atom. The average Bonchev–Trinajstić information content (AvgIpc) is 3.06. The quantitative estimate of drug-likeness (QED) is 0.0649. The summed E-state index contributed by atoms with van der Waals surface area (Å²) in [7, 11) is 0. The maximum Gasteiger partial charge on any atom is 0.222 e. The molecule has 46 heavy (non-hydrogen) atoms. The Hall–Kier alpha value is -0.650. The molecule has 0 aromatic heterocycles. The smallest absolute Gasteiger partial charge is 0.222 e. The molecule has 0 aromatic rings. The monoisotopic (exact) mass is 653 g/mol. The number of amides is 1. The summed E-state index contributed by atoms with van der Waals surface area (Å²) in [6, 6.07) is 0. The van der Waals surface area contributed by atoms with E-state index in [1.807, 2.05) is 0 Å². The van der Waals surface area contributed by atoms with Gasteiger partial charge < -0.3 is 20.0 Å². The Kier molecular flexibility index (Phi) is 38.2. The molecule has 0 spiro atoms. The highest BCUT2D eigenvalue weighted by molar-refractivity contribution is 5.76.